The molecule has 20 heavy (non-hydrogen) atoms. The number of aryl methyl sites for hydroxylation is 2. The van der Waals surface area contributed by atoms with Crippen LogP contribution in [0.1, 0.15) is 23.9 Å². The van der Waals surface area contributed by atoms with Crippen LogP contribution < -0.4 is 5.73 Å². The van der Waals surface area contributed by atoms with E-state index in [0.29, 0.717) is 0 Å². The van der Waals surface area contributed by atoms with Gasteiger partial charge in [0.1, 0.15) is 5.82 Å². The van der Waals surface area contributed by atoms with Gasteiger partial charge in [0.25, 0.3) is 0 Å². The molecule has 0 spiro atoms. The van der Waals surface area contributed by atoms with Crippen LogP contribution in [0.15, 0.2) is 54.9 Å². The second kappa shape index (κ2) is 5.47. The van der Waals surface area contributed by atoms with E-state index in [0.717, 1.165) is 18.7 Å². The molecule has 2 N–H and O–H groups in total. The summed E-state index contributed by atoms with van der Waals surface area (Å²) in [6.07, 6.45) is 5.60. The number of nitrogens with zero attached hydrogens (tertiary/aromatic N) is 2. The smallest absolute Gasteiger partial charge is 0.108 e. The van der Waals surface area contributed by atoms with Crippen LogP contribution in [0.3, 0.4) is 0 Å². The first-order valence-electron chi connectivity index (χ1n) is 6.95. The summed E-state index contributed by atoms with van der Waals surface area (Å²) in [6.45, 7) is 0. The van der Waals surface area contributed by atoms with Crippen LogP contribution in [-0.4, -0.2) is 9.55 Å². The number of benzene rings is 2. The first kappa shape index (κ1) is 12.9. The molecule has 1 aromatic heterocycles. The number of aromatic nitrogens is 2. The summed E-state index contributed by atoms with van der Waals surface area (Å²) in [5.74, 6) is 1.08. The molecule has 102 valence electrons. The van der Waals surface area contributed by atoms with E-state index >= 15 is 0 Å². The molecule has 3 aromatic rings. The van der Waals surface area contributed by atoms with Gasteiger partial charge in [0.15, 0.2) is 0 Å². The summed E-state index contributed by atoms with van der Waals surface area (Å²) in [5.41, 5.74) is 7.61. The summed E-state index contributed by atoms with van der Waals surface area (Å²) in [6, 6.07) is 14.8. The molecule has 0 saturated carbocycles. The van der Waals surface area contributed by atoms with E-state index in [2.05, 4.69) is 52.0 Å². The van der Waals surface area contributed by atoms with Crippen LogP contribution in [0, 0.1) is 0 Å². The summed E-state index contributed by atoms with van der Waals surface area (Å²) in [7, 11) is 2.02. The minimum atomic E-state index is 0.0396. The number of nitrogens with two attached hydrogens (primary N) is 1. The van der Waals surface area contributed by atoms with Crippen LogP contribution >= 0.6 is 0 Å². The Kier molecular flexibility index (Phi) is 3.52. The number of hydrogen-bond donors (Lipinski definition) is 1. The van der Waals surface area contributed by atoms with Crippen molar-refractivity contribution >= 4 is 10.8 Å². The average Bonchev–Trinajstić information content (AvgIpc) is 2.89. The highest BCUT2D eigenvalue weighted by Crippen LogP contribution is 2.25. The highest BCUT2D eigenvalue weighted by molar-refractivity contribution is 5.86. The molecule has 0 aliphatic heterocycles. The maximum absolute atomic E-state index is 6.39. The zero-order valence-corrected chi connectivity index (χ0v) is 11.7. The first-order valence-corrected chi connectivity index (χ1v) is 6.95. The monoisotopic (exact) mass is 265 g/mol. The quantitative estimate of drug-likeness (QED) is 0.787. The second-order valence-electron chi connectivity index (χ2n) is 5.17. The van der Waals surface area contributed by atoms with Gasteiger partial charge >= 0.3 is 0 Å². The molecule has 0 bridgehead atoms. The molecule has 1 atom stereocenters. The Labute approximate surface area is 119 Å². The van der Waals surface area contributed by atoms with Crippen molar-refractivity contribution in [1.82, 2.24) is 9.55 Å². The van der Waals surface area contributed by atoms with Gasteiger partial charge in [0.05, 0.1) is 0 Å². The van der Waals surface area contributed by atoms with E-state index < -0.39 is 0 Å². The predicted octanol–water partition coefficient (Wildman–Crippen LogP) is 3.21. The molecular weight excluding hydrogens is 246 g/mol. The first-order chi connectivity index (χ1) is 9.75. The van der Waals surface area contributed by atoms with Crippen molar-refractivity contribution in [2.24, 2.45) is 12.8 Å². The van der Waals surface area contributed by atoms with Crippen LogP contribution in [-0.2, 0) is 13.5 Å². The third-order valence-electron chi connectivity index (χ3n) is 3.82. The van der Waals surface area contributed by atoms with E-state index in [9.17, 15) is 0 Å². The van der Waals surface area contributed by atoms with E-state index in [-0.39, 0.29) is 6.04 Å². The molecule has 3 rings (SSSR count). The molecule has 0 aliphatic rings. The Morgan fingerprint density at radius 1 is 1.15 bits per heavy atom. The molecule has 3 nitrogen and oxygen atoms in total. The normalized spacial score (nSPS) is 12.7. The summed E-state index contributed by atoms with van der Waals surface area (Å²) < 4.78 is 2.05. The van der Waals surface area contributed by atoms with Gasteiger partial charge in [-0.2, -0.15) is 0 Å². The van der Waals surface area contributed by atoms with Crippen molar-refractivity contribution in [2.45, 2.75) is 18.9 Å². The molecule has 0 amide bonds. The topological polar surface area (TPSA) is 43.8 Å². The predicted molar refractivity (Wildman–Crippen MR) is 82.4 cm³/mol. The zero-order valence-electron chi connectivity index (χ0n) is 11.7. The number of fused-ring (bicyclic) bond motifs is 1. The van der Waals surface area contributed by atoms with Crippen LogP contribution in [0.2, 0.25) is 0 Å². The Morgan fingerprint density at radius 2 is 1.95 bits per heavy atom. The fourth-order valence-electron chi connectivity index (χ4n) is 2.65. The highest BCUT2D eigenvalue weighted by atomic mass is 15.0. The number of hydrogen-bond acceptors (Lipinski definition) is 2. The second-order valence-corrected chi connectivity index (χ2v) is 5.17. The summed E-state index contributed by atoms with van der Waals surface area (Å²) in [4.78, 5) is 4.35. The molecule has 0 radical (unpaired) electrons. The van der Waals surface area contributed by atoms with Crippen LogP contribution in [0.4, 0.5) is 0 Å². The lowest BCUT2D eigenvalue weighted by Gasteiger charge is -2.14. The molecule has 2 aromatic carbocycles. The van der Waals surface area contributed by atoms with Gasteiger partial charge in [-0.3, -0.25) is 0 Å². The zero-order chi connectivity index (χ0) is 13.9. The van der Waals surface area contributed by atoms with E-state index in [1.807, 2.05) is 19.4 Å². The highest BCUT2D eigenvalue weighted by Gasteiger charge is 2.11. The van der Waals surface area contributed by atoms with Gasteiger partial charge in [-0.15, -0.1) is 0 Å². The SMILES string of the molecule is Cn1ccnc1CCC(N)c1cccc2ccccc12. The molecule has 0 saturated heterocycles. The molecule has 0 aliphatic carbocycles. The Morgan fingerprint density at radius 3 is 2.75 bits per heavy atom. The van der Waals surface area contributed by atoms with Crippen molar-refractivity contribution in [2.75, 3.05) is 0 Å². The molecular formula is C17H19N3. The van der Waals surface area contributed by atoms with E-state index in [4.69, 9.17) is 5.73 Å². The Balaban J connectivity index is 1.82. The molecule has 1 unspecified atom stereocenters. The van der Waals surface area contributed by atoms with Crippen molar-refractivity contribution in [3.8, 4) is 0 Å². The van der Waals surface area contributed by atoms with Gasteiger partial charge in [-0.25, -0.2) is 4.98 Å². The lowest BCUT2D eigenvalue weighted by atomic mass is 9.96. The van der Waals surface area contributed by atoms with Gasteiger partial charge in [0.2, 0.25) is 0 Å². The largest absolute Gasteiger partial charge is 0.338 e. The van der Waals surface area contributed by atoms with Crippen molar-refractivity contribution < 1.29 is 0 Å². The van der Waals surface area contributed by atoms with Crippen molar-refractivity contribution in [3.63, 3.8) is 0 Å². The van der Waals surface area contributed by atoms with Crippen molar-refractivity contribution in [3.05, 3.63) is 66.2 Å². The maximum Gasteiger partial charge on any atom is 0.108 e. The van der Waals surface area contributed by atoms with E-state index in [1.165, 1.54) is 16.3 Å². The van der Waals surface area contributed by atoms with Crippen molar-refractivity contribution in [1.29, 1.82) is 0 Å². The third-order valence-corrected chi connectivity index (χ3v) is 3.82. The minimum Gasteiger partial charge on any atom is -0.338 e. The minimum absolute atomic E-state index is 0.0396. The van der Waals surface area contributed by atoms with Crippen LogP contribution in [0.25, 0.3) is 10.8 Å². The fraction of sp³-hybridized carbons (Fsp3) is 0.235. The van der Waals surface area contributed by atoms with Crippen LogP contribution in [0.5, 0.6) is 0 Å². The summed E-state index contributed by atoms with van der Waals surface area (Å²) >= 11 is 0. The van der Waals surface area contributed by atoms with E-state index in [1.54, 1.807) is 0 Å². The Hall–Kier alpha value is -2.13. The van der Waals surface area contributed by atoms with Gasteiger partial charge < -0.3 is 10.3 Å². The lowest BCUT2D eigenvalue weighted by Crippen LogP contribution is -2.13. The Bertz CT molecular complexity index is 710. The fourth-order valence-corrected chi connectivity index (χ4v) is 2.65. The van der Waals surface area contributed by atoms with Gasteiger partial charge in [0, 0.05) is 31.9 Å². The third kappa shape index (κ3) is 2.45. The van der Waals surface area contributed by atoms with Gasteiger partial charge in [-0.05, 0) is 22.8 Å². The average molecular weight is 265 g/mol. The maximum atomic E-state index is 6.39. The molecule has 3 heteroatoms. The van der Waals surface area contributed by atoms with Gasteiger partial charge in [-0.1, -0.05) is 42.5 Å². The molecule has 0 fully saturated rings. The standard InChI is InChI=1S/C17H19N3/c1-20-12-11-19-17(20)10-9-16(18)15-8-4-6-13-5-2-3-7-14(13)15/h2-8,11-12,16H,9-10,18H2,1H3. The lowest BCUT2D eigenvalue weighted by molar-refractivity contribution is 0.624. The number of imidazole rings is 1. The number of rotatable bonds is 4. The summed E-state index contributed by atoms with van der Waals surface area (Å²) in [5, 5.41) is 2.50. The molecule has 1 heterocycles.